The van der Waals surface area contributed by atoms with Crippen LogP contribution in [-0.4, -0.2) is 78.6 Å². The Balaban J connectivity index is 1.16. The summed E-state index contributed by atoms with van der Waals surface area (Å²) in [7, 11) is 4.06. The van der Waals surface area contributed by atoms with Crippen LogP contribution in [0.15, 0.2) is 54.6 Å². The number of benzene rings is 2. The van der Waals surface area contributed by atoms with Gasteiger partial charge in [-0.3, -0.25) is 0 Å². The van der Waals surface area contributed by atoms with Gasteiger partial charge < -0.3 is 28.8 Å². The summed E-state index contributed by atoms with van der Waals surface area (Å²) >= 11 is 6.62. The number of nitrogens with one attached hydrogen (secondary N) is 1. The van der Waals surface area contributed by atoms with Crippen molar-refractivity contribution in [2.24, 2.45) is 0 Å². The van der Waals surface area contributed by atoms with Gasteiger partial charge in [-0.2, -0.15) is 4.98 Å². The van der Waals surface area contributed by atoms with Gasteiger partial charge in [0.05, 0.1) is 28.9 Å². The van der Waals surface area contributed by atoms with E-state index in [9.17, 15) is 0 Å². The number of aromatic nitrogens is 3. The van der Waals surface area contributed by atoms with E-state index in [1.54, 1.807) is 0 Å². The number of halogens is 1. The Kier molecular flexibility index (Phi) is 6.73. The van der Waals surface area contributed by atoms with Gasteiger partial charge in [-0.15, -0.1) is 0 Å². The molecule has 2 aromatic heterocycles. The molecule has 8 nitrogen and oxygen atoms in total. The second kappa shape index (κ2) is 10.3. The molecule has 37 heavy (non-hydrogen) atoms. The van der Waals surface area contributed by atoms with Gasteiger partial charge in [-0.25, -0.2) is 4.98 Å². The maximum absolute atomic E-state index is 6.62. The number of rotatable bonds is 8. The summed E-state index contributed by atoms with van der Waals surface area (Å²) in [4.78, 5) is 14.5. The number of nitrogens with zero attached hydrogens (tertiary/aromatic N) is 3. The minimum Gasteiger partial charge on any atom is -0.492 e. The summed E-state index contributed by atoms with van der Waals surface area (Å²) in [6, 6.07) is 18.5. The number of hydrogen-bond acceptors (Lipinski definition) is 7. The van der Waals surface area contributed by atoms with Crippen LogP contribution in [0.2, 0.25) is 5.02 Å². The molecule has 0 saturated carbocycles. The number of fused-ring (bicyclic) bond motifs is 2. The number of hydrogen-bond donors (Lipinski definition) is 1. The fourth-order valence-electron chi connectivity index (χ4n) is 4.74. The van der Waals surface area contributed by atoms with Gasteiger partial charge in [0.1, 0.15) is 18.5 Å². The molecule has 2 aliphatic heterocycles. The maximum atomic E-state index is 6.62. The van der Waals surface area contributed by atoms with E-state index in [1.807, 2.05) is 44.4 Å². The van der Waals surface area contributed by atoms with Crippen LogP contribution in [0.1, 0.15) is 6.42 Å². The highest BCUT2D eigenvalue weighted by Gasteiger charge is 2.43. The summed E-state index contributed by atoms with van der Waals surface area (Å²) in [6.45, 7) is 2.73. The van der Waals surface area contributed by atoms with Gasteiger partial charge in [0, 0.05) is 18.7 Å². The Morgan fingerprint density at radius 1 is 1.00 bits per heavy atom. The van der Waals surface area contributed by atoms with Crippen LogP contribution in [-0.2, 0) is 9.47 Å². The molecule has 2 fully saturated rings. The molecule has 6 rings (SSSR count). The molecule has 9 heteroatoms. The van der Waals surface area contributed by atoms with Crippen LogP contribution < -0.4 is 9.47 Å². The summed E-state index contributed by atoms with van der Waals surface area (Å²) in [5.41, 5.74) is 5.06. The number of pyridine rings is 1. The van der Waals surface area contributed by atoms with Crippen LogP contribution in [0.25, 0.3) is 33.5 Å². The van der Waals surface area contributed by atoms with Gasteiger partial charge in [0.25, 0.3) is 6.01 Å². The van der Waals surface area contributed by atoms with Gasteiger partial charge >= 0.3 is 0 Å². The Labute approximate surface area is 220 Å². The van der Waals surface area contributed by atoms with Crippen LogP contribution in [0.3, 0.4) is 0 Å². The van der Waals surface area contributed by atoms with Crippen molar-refractivity contribution in [3.05, 3.63) is 59.6 Å². The predicted molar refractivity (Wildman–Crippen MR) is 142 cm³/mol. The fourth-order valence-corrected chi connectivity index (χ4v) is 5.00. The quantitative estimate of drug-likeness (QED) is 0.356. The molecule has 1 N–H and O–H groups in total. The highest BCUT2D eigenvalue weighted by atomic mass is 35.5. The maximum Gasteiger partial charge on any atom is 0.296 e. The average molecular weight is 521 g/mol. The molecular formula is C28H29ClN4O4. The van der Waals surface area contributed by atoms with E-state index < -0.39 is 0 Å². The van der Waals surface area contributed by atoms with Crippen molar-refractivity contribution in [3.63, 3.8) is 0 Å². The lowest BCUT2D eigenvalue weighted by Gasteiger charge is -2.15. The first kappa shape index (κ1) is 24.2. The van der Waals surface area contributed by atoms with Gasteiger partial charge in [0.15, 0.2) is 11.8 Å². The SMILES string of the molecule is CN(C)CCOc1ccc(-c2ccc(-c3nc4nc(OC5CO[C@@H]6CCO[C@H]56)[nH]c4cc3Cl)cc2)cc1. The minimum atomic E-state index is -0.186. The molecule has 2 aromatic carbocycles. The second-order valence-electron chi connectivity index (χ2n) is 9.64. The van der Waals surface area contributed by atoms with E-state index in [2.05, 4.69) is 39.1 Å². The van der Waals surface area contributed by atoms with Gasteiger partial charge in [0.2, 0.25) is 0 Å². The molecule has 0 amide bonds. The van der Waals surface area contributed by atoms with Gasteiger partial charge in [-0.05, 0) is 49.8 Å². The summed E-state index contributed by atoms with van der Waals surface area (Å²) in [6.07, 6.45) is 0.775. The van der Waals surface area contributed by atoms with Crippen molar-refractivity contribution in [1.82, 2.24) is 19.9 Å². The first-order valence-electron chi connectivity index (χ1n) is 12.5. The number of imidazole rings is 1. The van der Waals surface area contributed by atoms with Crippen molar-refractivity contribution in [2.45, 2.75) is 24.7 Å². The molecule has 4 heterocycles. The van der Waals surface area contributed by atoms with Gasteiger partial charge in [-0.1, -0.05) is 48.0 Å². The monoisotopic (exact) mass is 520 g/mol. The van der Waals surface area contributed by atoms with Crippen molar-refractivity contribution >= 4 is 22.8 Å². The lowest BCUT2D eigenvalue weighted by atomic mass is 10.0. The van der Waals surface area contributed by atoms with Crippen molar-refractivity contribution in [3.8, 4) is 34.1 Å². The third kappa shape index (κ3) is 5.15. The van der Waals surface area contributed by atoms with Crippen LogP contribution >= 0.6 is 11.6 Å². The fraction of sp³-hybridized carbons (Fsp3) is 0.357. The van der Waals surface area contributed by atoms with E-state index in [4.69, 9.17) is 35.5 Å². The zero-order valence-corrected chi connectivity index (χ0v) is 21.6. The predicted octanol–water partition coefficient (Wildman–Crippen LogP) is 4.82. The van der Waals surface area contributed by atoms with Crippen molar-refractivity contribution in [2.75, 3.05) is 40.5 Å². The average Bonchev–Trinajstić information content (AvgIpc) is 3.61. The molecule has 192 valence electrons. The molecule has 2 saturated heterocycles. The van der Waals surface area contributed by atoms with Crippen molar-refractivity contribution < 1.29 is 18.9 Å². The smallest absolute Gasteiger partial charge is 0.296 e. The first-order valence-corrected chi connectivity index (χ1v) is 12.9. The third-order valence-corrected chi connectivity index (χ3v) is 7.03. The highest BCUT2D eigenvalue weighted by molar-refractivity contribution is 6.33. The highest BCUT2D eigenvalue weighted by Crippen LogP contribution is 2.33. The standard InChI is InChI=1S/C28H29ClN4O4/c1-33(2)12-14-34-20-9-7-18(8-10-20)17-3-5-19(6-4-17)25-21(29)15-22-27(31-25)32-28(30-22)37-24-16-36-23-11-13-35-26(23)24/h3-10,15,23-24,26H,11-14,16H2,1-2H3,(H,30,31,32)/t23-,24?,26+/m1/s1. The van der Waals surface area contributed by atoms with Crippen molar-refractivity contribution in [1.29, 1.82) is 0 Å². The van der Waals surface area contributed by atoms with Crippen LogP contribution in [0.5, 0.6) is 11.8 Å². The van der Waals surface area contributed by atoms with E-state index in [-0.39, 0.29) is 18.3 Å². The zero-order chi connectivity index (χ0) is 25.4. The second-order valence-corrected chi connectivity index (χ2v) is 10.0. The molecule has 2 aliphatic rings. The third-order valence-electron chi connectivity index (χ3n) is 6.74. The van der Waals surface area contributed by atoms with E-state index >= 15 is 0 Å². The molecule has 4 aromatic rings. The first-order chi connectivity index (χ1) is 18.0. The number of aromatic amines is 1. The number of H-pyrrole nitrogens is 1. The molecule has 0 radical (unpaired) electrons. The Bertz CT molecular complexity index is 1370. The topological polar surface area (TPSA) is 81.7 Å². The molecular weight excluding hydrogens is 492 g/mol. The Morgan fingerprint density at radius 2 is 1.73 bits per heavy atom. The summed E-state index contributed by atoms with van der Waals surface area (Å²) in [5.74, 6) is 0.866. The number of ether oxygens (including phenoxy) is 4. The lowest BCUT2D eigenvalue weighted by Crippen LogP contribution is -2.32. The lowest BCUT2D eigenvalue weighted by molar-refractivity contribution is 0.0273. The minimum absolute atomic E-state index is 0.0503. The summed E-state index contributed by atoms with van der Waals surface area (Å²) in [5, 5.41) is 0.540. The molecule has 0 aliphatic carbocycles. The largest absolute Gasteiger partial charge is 0.492 e. The summed E-state index contributed by atoms with van der Waals surface area (Å²) < 4.78 is 23.4. The molecule has 0 spiro atoms. The number of likely N-dealkylation sites (N-methyl/N-ethyl adjacent to an activating group) is 1. The van der Waals surface area contributed by atoms with E-state index in [0.29, 0.717) is 42.2 Å². The van der Waals surface area contributed by atoms with Crippen LogP contribution in [0, 0.1) is 0 Å². The Morgan fingerprint density at radius 3 is 2.49 bits per heavy atom. The molecule has 1 unspecified atom stereocenters. The molecule has 0 bridgehead atoms. The Hall–Kier alpha value is -3.17. The normalized spacial score (nSPS) is 21.0. The van der Waals surface area contributed by atoms with E-state index in [1.165, 1.54) is 0 Å². The van der Waals surface area contributed by atoms with E-state index in [0.717, 1.165) is 40.9 Å². The molecule has 3 atom stereocenters. The van der Waals surface area contributed by atoms with Crippen LogP contribution in [0.4, 0.5) is 0 Å². The zero-order valence-electron chi connectivity index (χ0n) is 20.8.